The molecule has 1 N–H and O–H groups in total. The zero-order valence-corrected chi connectivity index (χ0v) is 12.5. The molecule has 1 fully saturated rings. The molecule has 1 aromatic rings. The molecule has 3 nitrogen and oxygen atoms in total. The fourth-order valence-corrected chi connectivity index (χ4v) is 3.15. The van der Waals surface area contributed by atoms with Crippen LogP contribution in [0.1, 0.15) is 43.9 Å². The molecule has 0 aromatic carbocycles. The summed E-state index contributed by atoms with van der Waals surface area (Å²) >= 11 is 0. The van der Waals surface area contributed by atoms with Crippen molar-refractivity contribution in [1.29, 1.82) is 0 Å². The average Bonchev–Trinajstić information content (AvgIpc) is 2.61. The van der Waals surface area contributed by atoms with Crippen LogP contribution < -0.4 is 10.2 Å². The van der Waals surface area contributed by atoms with Crippen molar-refractivity contribution in [2.45, 2.75) is 44.7 Å². The lowest BCUT2D eigenvalue weighted by Crippen LogP contribution is -2.40. The number of hydrogen-bond acceptors (Lipinski definition) is 3. The Bertz CT molecular complexity index is 477. The number of anilines is 1. The molecule has 0 bridgehead atoms. The highest BCUT2D eigenvalue weighted by molar-refractivity contribution is 5.43. The minimum atomic E-state index is -1.00. The predicted octanol–water partition coefficient (Wildman–Crippen LogP) is 2.66. The van der Waals surface area contributed by atoms with E-state index in [9.17, 15) is 4.39 Å². The van der Waals surface area contributed by atoms with Gasteiger partial charge in [-0.25, -0.2) is 9.37 Å². The minimum absolute atomic E-state index is 0.448. The molecule has 0 radical (unpaired) electrons. The van der Waals surface area contributed by atoms with E-state index in [1.807, 2.05) is 0 Å². The molecule has 0 aliphatic carbocycles. The van der Waals surface area contributed by atoms with Crippen LogP contribution in [0.2, 0.25) is 0 Å². The monoisotopic (exact) mass is 277 g/mol. The first-order valence-electron chi connectivity index (χ1n) is 7.69. The van der Waals surface area contributed by atoms with Gasteiger partial charge in [0.1, 0.15) is 11.5 Å². The van der Waals surface area contributed by atoms with Gasteiger partial charge in [-0.1, -0.05) is 13.0 Å². The summed E-state index contributed by atoms with van der Waals surface area (Å²) in [4.78, 5) is 7.12. The third-order valence-electron chi connectivity index (χ3n) is 4.62. The number of alkyl halides is 1. The first kappa shape index (κ1) is 13.8. The summed E-state index contributed by atoms with van der Waals surface area (Å²) < 4.78 is 13.9. The molecule has 4 heteroatoms. The standard InChI is InChI=1S/C16H24FN3/c1-12-11-18-8-5-13-3-4-14(19-15(12)13)20-9-6-16(2,17)7-10-20/h3-4,12,18H,5-11H2,1-2H3. The van der Waals surface area contributed by atoms with Crippen LogP contribution in [-0.4, -0.2) is 36.8 Å². The van der Waals surface area contributed by atoms with Crippen molar-refractivity contribution in [1.82, 2.24) is 10.3 Å². The van der Waals surface area contributed by atoms with Gasteiger partial charge in [0.2, 0.25) is 0 Å². The molecule has 20 heavy (non-hydrogen) atoms. The van der Waals surface area contributed by atoms with E-state index in [1.54, 1.807) is 6.92 Å². The van der Waals surface area contributed by atoms with E-state index in [1.165, 1.54) is 11.3 Å². The third-order valence-corrected chi connectivity index (χ3v) is 4.62. The van der Waals surface area contributed by atoms with Crippen LogP contribution in [0, 0.1) is 0 Å². The molecule has 1 aromatic heterocycles. The Morgan fingerprint density at radius 3 is 2.85 bits per heavy atom. The first-order chi connectivity index (χ1) is 9.55. The number of rotatable bonds is 1. The van der Waals surface area contributed by atoms with Gasteiger partial charge in [0.15, 0.2) is 0 Å². The lowest BCUT2D eigenvalue weighted by atomic mass is 9.95. The van der Waals surface area contributed by atoms with Crippen LogP contribution in [0.3, 0.4) is 0 Å². The lowest BCUT2D eigenvalue weighted by Gasteiger charge is -2.35. The van der Waals surface area contributed by atoms with Crippen molar-refractivity contribution >= 4 is 5.82 Å². The molecule has 0 saturated carbocycles. The van der Waals surface area contributed by atoms with E-state index in [4.69, 9.17) is 4.98 Å². The maximum Gasteiger partial charge on any atom is 0.128 e. The normalized spacial score (nSPS) is 25.9. The Morgan fingerprint density at radius 1 is 1.35 bits per heavy atom. The molecule has 3 rings (SSSR count). The van der Waals surface area contributed by atoms with E-state index in [-0.39, 0.29) is 0 Å². The fraction of sp³-hybridized carbons (Fsp3) is 0.688. The zero-order valence-electron chi connectivity index (χ0n) is 12.5. The van der Waals surface area contributed by atoms with Gasteiger partial charge in [0.25, 0.3) is 0 Å². The van der Waals surface area contributed by atoms with Gasteiger partial charge in [-0.15, -0.1) is 0 Å². The van der Waals surface area contributed by atoms with Crippen LogP contribution in [0.5, 0.6) is 0 Å². The number of pyridine rings is 1. The Balaban J connectivity index is 1.82. The Hall–Kier alpha value is -1.16. The number of nitrogens with one attached hydrogen (secondary N) is 1. The van der Waals surface area contributed by atoms with Gasteiger partial charge in [-0.3, -0.25) is 0 Å². The summed E-state index contributed by atoms with van der Waals surface area (Å²) in [5.41, 5.74) is 1.58. The summed E-state index contributed by atoms with van der Waals surface area (Å²) in [5, 5.41) is 3.45. The molecule has 1 atom stereocenters. The molecule has 3 heterocycles. The largest absolute Gasteiger partial charge is 0.356 e. The highest BCUT2D eigenvalue weighted by Gasteiger charge is 2.30. The van der Waals surface area contributed by atoms with Crippen LogP contribution in [-0.2, 0) is 6.42 Å². The Kier molecular flexibility index (Phi) is 3.67. The molecule has 1 unspecified atom stereocenters. The van der Waals surface area contributed by atoms with Gasteiger partial charge < -0.3 is 10.2 Å². The zero-order chi connectivity index (χ0) is 14.2. The smallest absolute Gasteiger partial charge is 0.128 e. The summed E-state index contributed by atoms with van der Waals surface area (Å²) in [6.45, 7) is 7.50. The van der Waals surface area contributed by atoms with E-state index in [0.29, 0.717) is 18.8 Å². The number of fused-ring (bicyclic) bond motifs is 1. The second kappa shape index (κ2) is 5.32. The molecule has 0 spiro atoms. The number of nitrogens with zero attached hydrogens (tertiary/aromatic N) is 2. The number of aromatic nitrogens is 1. The Labute approximate surface area is 120 Å². The van der Waals surface area contributed by atoms with E-state index < -0.39 is 5.67 Å². The van der Waals surface area contributed by atoms with Gasteiger partial charge >= 0.3 is 0 Å². The van der Waals surface area contributed by atoms with E-state index >= 15 is 0 Å². The maximum absolute atomic E-state index is 13.9. The maximum atomic E-state index is 13.9. The van der Waals surface area contributed by atoms with Gasteiger partial charge in [-0.2, -0.15) is 0 Å². The van der Waals surface area contributed by atoms with Gasteiger partial charge in [0, 0.05) is 25.6 Å². The molecule has 110 valence electrons. The second-order valence-electron chi connectivity index (χ2n) is 6.47. The van der Waals surface area contributed by atoms with Crippen molar-refractivity contribution in [3.05, 3.63) is 23.4 Å². The van der Waals surface area contributed by atoms with Crippen LogP contribution in [0.4, 0.5) is 10.2 Å². The van der Waals surface area contributed by atoms with Crippen molar-refractivity contribution in [2.24, 2.45) is 0 Å². The highest BCUT2D eigenvalue weighted by atomic mass is 19.1. The van der Waals surface area contributed by atoms with Crippen molar-refractivity contribution in [3.8, 4) is 0 Å². The van der Waals surface area contributed by atoms with Crippen molar-refractivity contribution in [3.63, 3.8) is 0 Å². The van der Waals surface area contributed by atoms with Gasteiger partial charge in [0.05, 0.1) is 5.69 Å². The third kappa shape index (κ3) is 2.80. The highest BCUT2D eigenvalue weighted by Crippen LogP contribution is 2.30. The van der Waals surface area contributed by atoms with Crippen molar-refractivity contribution in [2.75, 3.05) is 31.1 Å². The van der Waals surface area contributed by atoms with Crippen LogP contribution >= 0.6 is 0 Å². The lowest BCUT2D eigenvalue weighted by molar-refractivity contribution is 0.149. The van der Waals surface area contributed by atoms with E-state index in [2.05, 4.69) is 29.3 Å². The summed E-state index contributed by atoms with van der Waals surface area (Å²) in [6.07, 6.45) is 2.25. The quantitative estimate of drug-likeness (QED) is 0.855. The second-order valence-corrected chi connectivity index (χ2v) is 6.47. The Morgan fingerprint density at radius 2 is 2.10 bits per heavy atom. The SMILES string of the molecule is CC1CNCCc2ccc(N3CCC(C)(F)CC3)nc21. The first-order valence-corrected chi connectivity index (χ1v) is 7.69. The summed E-state index contributed by atoms with van der Waals surface area (Å²) in [6, 6.07) is 4.32. The minimum Gasteiger partial charge on any atom is -0.356 e. The average molecular weight is 277 g/mol. The molecule has 0 amide bonds. The summed E-state index contributed by atoms with van der Waals surface area (Å²) in [7, 11) is 0. The topological polar surface area (TPSA) is 28.2 Å². The summed E-state index contributed by atoms with van der Waals surface area (Å²) in [5.74, 6) is 1.47. The van der Waals surface area contributed by atoms with Gasteiger partial charge in [-0.05, 0) is 44.4 Å². The molecule has 2 aliphatic rings. The molecule has 2 aliphatic heterocycles. The fourth-order valence-electron chi connectivity index (χ4n) is 3.15. The number of piperidine rings is 1. The van der Waals surface area contributed by atoms with Crippen LogP contribution in [0.15, 0.2) is 12.1 Å². The number of halogens is 1. The predicted molar refractivity (Wildman–Crippen MR) is 80.2 cm³/mol. The molecular formula is C16H24FN3. The molecule has 1 saturated heterocycles. The van der Waals surface area contributed by atoms with Crippen LogP contribution in [0.25, 0.3) is 0 Å². The number of hydrogen-bond donors (Lipinski definition) is 1. The van der Waals surface area contributed by atoms with Crippen molar-refractivity contribution < 1.29 is 4.39 Å². The van der Waals surface area contributed by atoms with E-state index in [0.717, 1.165) is 38.4 Å². The molecular weight excluding hydrogens is 253 g/mol.